The van der Waals surface area contributed by atoms with Gasteiger partial charge in [-0.3, -0.25) is 9.69 Å². The minimum absolute atomic E-state index is 0.0809. The third-order valence-electron chi connectivity index (χ3n) is 7.73. The predicted molar refractivity (Wildman–Crippen MR) is 153 cm³/mol. The molecule has 7 nitrogen and oxygen atoms in total. The van der Waals surface area contributed by atoms with Crippen LogP contribution in [0.25, 0.3) is 11.3 Å². The summed E-state index contributed by atoms with van der Waals surface area (Å²) in [6.07, 6.45) is 2.49. The highest BCUT2D eigenvalue weighted by Gasteiger charge is 2.53. The molecule has 1 N–H and O–H groups in total. The van der Waals surface area contributed by atoms with Crippen LogP contribution in [-0.2, 0) is 14.8 Å². The van der Waals surface area contributed by atoms with Crippen LogP contribution in [0.3, 0.4) is 0 Å². The van der Waals surface area contributed by atoms with Crippen molar-refractivity contribution in [3.63, 3.8) is 0 Å². The standard InChI is InChI=1S/C28H33ClN4O3S2/c1-20-7-9-21(10-8-20)24-17-37-26(30-24)31-25(34)16-32-13-11-28(12-14-32)18-27(2,3)33(19-28)38(35,36)23-6-4-5-22(29)15-23/h4-10,15,17H,11-14,16,18-19H2,1-3H3,(H,30,31,34). The Morgan fingerprint density at radius 1 is 1.13 bits per heavy atom. The fourth-order valence-corrected chi connectivity index (χ4v) is 8.75. The Morgan fingerprint density at radius 2 is 1.84 bits per heavy atom. The Kier molecular flexibility index (Phi) is 7.43. The largest absolute Gasteiger partial charge is 0.301 e. The first-order chi connectivity index (χ1) is 18.0. The first-order valence-corrected chi connectivity index (χ1v) is 15.5. The molecule has 1 aromatic heterocycles. The van der Waals surface area contributed by atoms with Crippen molar-refractivity contribution in [2.45, 2.75) is 50.5 Å². The van der Waals surface area contributed by atoms with Crippen molar-refractivity contribution in [3.8, 4) is 11.3 Å². The first-order valence-electron chi connectivity index (χ1n) is 12.8. The van der Waals surface area contributed by atoms with E-state index in [1.807, 2.05) is 50.4 Å². The first kappa shape index (κ1) is 27.3. The van der Waals surface area contributed by atoms with Gasteiger partial charge in [-0.1, -0.05) is 47.5 Å². The minimum Gasteiger partial charge on any atom is -0.301 e. The van der Waals surface area contributed by atoms with Crippen molar-refractivity contribution in [2.75, 3.05) is 31.5 Å². The van der Waals surface area contributed by atoms with Gasteiger partial charge in [0.1, 0.15) is 0 Å². The number of sulfonamides is 1. The molecule has 2 aliphatic heterocycles. The summed E-state index contributed by atoms with van der Waals surface area (Å²) in [4.78, 5) is 19.7. The van der Waals surface area contributed by atoms with Crippen molar-refractivity contribution in [3.05, 3.63) is 64.5 Å². The van der Waals surface area contributed by atoms with Crippen LogP contribution in [0.15, 0.2) is 58.8 Å². The summed E-state index contributed by atoms with van der Waals surface area (Å²) in [5, 5.41) is 5.90. The number of nitrogens with zero attached hydrogens (tertiary/aromatic N) is 3. The van der Waals surface area contributed by atoms with Crippen LogP contribution < -0.4 is 5.32 Å². The van der Waals surface area contributed by atoms with Crippen LogP contribution in [-0.4, -0.2) is 60.2 Å². The Balaban J connectivity index is 1.18. The number of rotatable bonds is 6. The highest BCUT2D eigenvalue weighted by atomic mass is 35.5. The smallest absolute Gasteiger partial charge is 0.243 e. The molecule has 0 atom stereocenters. The molecule has 0 saturated carbocycles. The Morgan fingerprint density at radius 3 is 2.53 bits per heavy atom. The summed E-state index contributed by atoms with van der Waals surface area (Å²) in [7, 11) is -3.67. The van der Waals surface area contributed by atoms with Crippen molar-refractivity contribution in [1.29, 1.82) is 0 Å². The number of amides is 1. The van der Waals surface area contributed by atoms with Gasteiger partial charge >= 0.3 is 0 Å². The van der Waals surface area contributed by atoms with Gasteiger partial charge in [0.15, 0.2) is 5.13 Å². The third-order valence-corrected chi connectivity index (χ3v) is 10.8. The van der Waals surface area contributed by atoms with Crippen molar-refractivity contribution in [2.24, 2.45) is 5.41 Å². The average Bonchev–Trinajstić information content (AvgIpc) is 3.43. The number of thiazole rings is 1. The number of nitrogens with one attached hydrogen (secondary N) is 1. The van der Waals surface area contributed by atoms with Gasteiger partial charge in [0.05, 0.1) is 17.1 Å². The van der Waals surface area contributed by atoms with E-state index in [-0.39, 0.29) is 16.2 Å². The SMILES string of the molecule is Cc1ccc(-c2csc(NC(=O)CN3CCC4(CC3)CN(S(=O)(=O)c3cccc(Cl)c3)C(C)(C)C4)n2)cc1. The van der Waals surface area contributed by atoms with E-state index in [1.54, 1.807) is 22.5 Å². The fourth-order valence-electron chi connectivity index (χ4n) is 5.82. The second kappa shape index (κ2) is 10.4. The maximum atomic E-state index is 13.5. The molecule has 2 fully saturated rings. The summed E-state index contributed by atoms with van der Waals surface area (Å²) < 4.78 is 28.7. The van der Waals surface area contributed by atoms with Gasteiger partial charge in [-0.05, 0) is 76.7 Å². The van der Waals surface area contributed by atoms with Crippen LogP contribution in [0.1, 0.15) is 38.7 Å². The van der Waals surface area contributed by atoms with E-state index in [4.69, 9.17) is 11.6 Å². The number of anilines is 1. The van der Waals surface area contributed by atoms with E-state index in [0.29, 0.717) is 23.2 Å². The topological polar surface area (TPSA) is 82.6 Å². The van der Waals surface area contributed by atoms with Gasteiger partial charge in [-0.25, -0.2) is 13.4 Å². The third kappa shape index (κ3) is 5.67. The molecule has 202 valence electrons. The molecule has 2 aliphatic rings. The number of carbonyl (C=O) groups is 1. The van der Waals surface area contributed by atoms with E-state index >= 15 is 0 Å². The number of aryl methyl sites for hydroxylation is 1. The fraction of sp³-hybridized carbons (Fsp3) is 0.429. The number of likely N-dealkylation sites (tertiary alicyclic amines) is 1. The molecule has 1 amide bonds. The molecule has 3 heterocycles. The lowest BCUT2D eigenvalue weighted by molar-refractivity contribution is -0.117. The minimum atomic E-state index is -3.67. The zero-order valence-electron chi connectivity index (χ0n) is 21.9. The summed E-state index contributed by atoms with van der Waals surface area (Å²) in [5.41, 5.74) is 2.48. The lowest BCUT2D eigenvalue weighted by Gasteiger charge is -2.39. The Bertz CT molecular complexity index is 1430. The quantitative estimate of drug-likeness (QED) is 0.412. The van der Waals surface area contributed by atoms with Crippen LogP contribution in [0.5, 0.6) is 0 Å². The van der Waals surface area contributed by atoms with Crippen molar-refractivity contribution in [1.82, 2.24) is 14.2 Å². The maximum absolute atomic E-state index is 13.5. The average molecular weight is 573 g/mol. The number of hydrogen-bond donors (Lipinski definition) is 1. The van der Waals surface area contributed by atoms with Gasteiger partial charge in [-0.15, -0.1) is 11.3 Å². The highest BCUT2D eigenvalue weighted by molar-refractivity contribution is 7.89. The molecule has 5 rings (SSSR count). The molecule has 0 unspecified atom stereocenters. The summed E-state index contributed by atoms with van der Waals surface area (Å²) in [5.74, 6) is -0.0809. The molecular weight excluding hydrogens is 540 g/mol. The summed E-state index contributed by atoms with van der Waals surface area (Å²) >= 11 is 7.51. The van der Waals surface area contributed by atoms with Gasteiger partial charge in [-0.2, -0.15) is 4.31 Å². The predicted octanol–water partition coefficient (Wildman–Crippen LogP) is 5.67. The Labute approximate surface area is 233 Å². The Hall–Kier alpha value is -2.30. The monoisotopic (exact) mass is 572 g/mol. The van der Waals surface area contributed by atoms with Crippen LogP contribution in [0.2, 0.25) is 5.02 Å². The van der Waals surface area contributed by atoms with Crippen LogP contribution in [0.4, 0.5) is 5.13 Å². The summed E-state index contributed by atoms with van der Waals surface area (Å²) in [6.45, 7) is 8.33. The molecule has 2 aromatic carbocycles. The number of hydrogen-bond acceptors (Lipinski definition) is 6. The van der Waals surface area contributed by atoms with Crippen molar-refractivity contribution >= 4 is 44.0 Å². The number of piperidine rings is 1. The number of benzene rings is 2. The second-order valence-corrected chi connectivity index (χ2v) is 14.3. The zero-order valence-corrected chi connectivity index (χ0v) is 24.3. The maximum Gasteiger partial charge on any atom is 0.243 e. The molecule has 38 heavy (non-hydrogen) atoms. The molecular formula is C28H33ClN4O3S2. The second-order valence-electron chi connectivity index (χ2n) is 11.2. The summed E-state index contributed by atoms with van der Waals surface area (Å²) in [6, 6.07) is 14.6. The van der Waals surface area contributed by atoms with Gasteiger partial charge in [0.25, 0.3) is 0 Å². The molecule has 0 aliphatic carbocycles. The van der Waals surface area contributed by atoms with Gasteiger partial charge in [0, 0.05) is 28.0 Å². The van der Waals surface area contributed by atoms with E-state index in [1.165, 1.54) is 23.0 Å². The van der Waals surface area contributed by atoms with E-state index in [9.17, 15) is 13.2 Å². The van der Waals surface area contributed by atoms with E-state index < -0.39 is 15.6 Å². The normalized spacial score (nSPS) is 19.6. The molecule has 3 aromatic rings. The van der Waals surface area contributed by atoms with Gasteiger partial charge < -0.3 is 5.32 Å². The highest BCUT2D eigenvalue weighted by Crippen LogP contribution is 2.50. The molecule has 0 bridgehead atoms. The van der Waals surface area contributed by atoms with Crippen molar-refractivity contribution < 1.29 is 13.2 Å². The number of halogens is 1. The number of carbonyl (C=O) groups excluding carboxylic acids is 1. The zero-order chi connectivity index (χ0) is 27.1. The molecule has 0 radical (unpaired) electrons. The molecule has 2 saturated heterocycles. The van der Waals surface area contributed by atoms with E-state index in [2.05, 4.69) is 15.2 Å². The molecule has 10 heteroatoms. The van der Waals surface area contributed by atoms with Gasteiger partial charge in [0.2, 0.25) is 15.9 Å². The van der Waals surface area contributed by atoms with E-state index in [0.717, 1.165) is 43.6 Å². The lowest BCUT2D eigenvalue weighted by atomic mass is 9.74. The number of aromatic nitrogens is 1. The van der Waals surface area contributed by atoms with Crippen LogP contribution >= 0.6 is 22.9 Å². The lowest BCUT2D eigenvalue weighted by Crippen LogP contribution is -2.45. The van der Waals surface area contributed by atoms with Crippen LogP contribution in [0, 0.1) is 12.3 Å². The molecule has 1 spiro atoms.